The van der Waals surface area contributed by atoms with Gasteiger partial charge in [0.25, 0.3) is 0 Å². The molecule has 2 N–H and O–H groups in total. The highest BCUT2D eigenvalue weighted by Crippen LogP contribution is 2.25. The molecule has 0 aliphatic rings. The first-order chi connectivity index (χ1) is 9.13. The molecule has 19 heavy (non-hydrogen) atoms. The quantitative estimate of drug-likeness (QED) is 0.919. The highest BCUT2D eigenvalue weighted by Gasteiger charge is 2.10. The van der Waals surface area contributed by atoms with Crippen LogP contribution in [0.4, 0.5) is 10.2 Å². The summed E-state index contributed by atoms with van der Waals surface area (Å²) in [7, 11) is 1.50. The minimum absolute atomic E-state index is 0.351. The predicted molar refractivity (Wildman–Crippen MR) is 72.4 cm³/mol. The van der Waals surface area contributed by atoms with Crippen LogP contribution in [0, 0.1) is 5.82 Å². The normalized spacial score (nSPS) is 10.5. The summed E-state index contributed by atoms with van der Waals surface area (Å²) in [5.74, 6) is 1.06. The molecule has 0 bridgehead atoms. The standard InChI is InChI=1S/C14H16FN3O/c1-3-4-14-17-12(8-13(16)18-14)10-6-5-9(19-2)7-11(10)15/h5-8H,3-4H2,1-2H3,(H2,16,17,18). The first kappa shape index (κ1) is 13.3. The fourth-order valence-corrected chi connectivity index (χ4v) is 1.82. The maximum atomic E-state index is 14.0. The van der Waals surface area contributed by atoms with Gasteiger partial charge in [-0.25, -0.2) is 14.4 Å². The van der Waals surface area contributed by atoms with Crippen LogP contribution in [-0.4, -0.2) is 17.1 Å². The van der Waals surface area contributed by atoms with Crippen molar-refractivity contribution < 1.29 is 9.13 Å². The molecule has 0 saturated heterocycles. The van der Waals surface area contributed by atoms with Gasteiger partial charge in [0.15, 0.2) is 0 Å². The molecule has 4 nitrogen and oxygen atoms in total. The van der Waals surface area contributed by atoms with E-state index in [9.17, 15) is 4.39 Å². The molecule has 0 spiro atoms. The van der Waals surface area contributed by atoms with E-state index in [1.807, 2.05) is 6.92 Å². The van der Waals surface area contributed by atoms with Crippen molar-refractivity contribution in [2.45, 2.75) is 19.8 Å². The highest BCUT2D eigenvalue weighted by molar-refractivity contribution is 5.63. The van der Waals surface area contributed by atoms with Gasteiger partial charge < -0.3 is 10.5 Å². The Labute approximate surface area is 111 Å². The minimum atomic E-state index is -0.389. The van der Waals surface area contributed by atoms with Gasteiger partial charge in [-0.2, -0.15) is 0 Å². The van der Waals surface area contributed by atoms with Crippen molar-refractivity contribution in [2.75, 3.05) is 12.8 Å². The third-order valence-electron chi connectivity index (χ3n) is 2.72. The van der Waals surface area contributed by atoms with Crippen LogP contribution in [0.1, 0.15) is 19.2 Å². The van der Waals surface area contributed by atoms with Gasteiger partial charge in [-0.05, 0) is 18.6 Å². The van der Waals surface area contributed by atoms with Crippen molar-refractivity contribution in [1.82, 2.24) is 9.97 Å². The molecule has 1 heterocycles. The van der Waals surface area contributed by atoms with Gasteiger partial charge in [0.05, 0.1) is 12.8 Å². The summed E-state index contributed by atoms with van der Waals surface area (Å²) in [6.45, 7) is 2.03. The molecule has 5 heteroatoms. The molecule has 0 fully saturated rings. The Balaban J connectivity index is 2.46. The number of halogens is 1. The molecule has 1 aromatic heterocycles. The fourth-order valence-electron chi connectivity index (χ4n) is 1.82. The first-order valence-electron chi connectivity index (χ1n) is 6.11. The van der Waals surface area contributed by atoms with E-state index in [-0.39, 0.29) is 5.82 Å². The summed E-state index contributed by atoms with van der Waals surface area (Å²) < 4.78 is 19.0. The number of hydrogen-bond acceptors (Lipinski definition) is 4. The number of anilines is 1. The molecule has 0 radical (unpaired) electrons. The molecule has 100 valence electrons. The number of hydrogen-bond donors (Lipinski definition) is 1. The second-order valence-electron chi connectivity index (χ2n) is 4.19. The van der Waals surface area contributed by atoms with Crippen molar-refractivity contribution in [2.24, 2.45) is 0 Å². The predicted octanol–water partition coefficient (Wildman–Crippen LogP) is 2.83. The Hall–Kier alpha value is -2.17. The van der Waals surface area contributed by atoms with Gasteiger partial charge in [-0.3, -0.25) is 0 Å². The number of nitrogens with two attached hydrogens (primary N) is 1. The maximum absolute atomic E-state index is 14.0. The summed E-state index contributed by atoms with van der Waals surface area (Å²) in [5, 5.41) is 0. The zero-order chi connectivity index (χ0) is 13.8. The largest absolute Gasteiger partial charge is 0.497 e. The van der Waals surface area contributed by atoms with Crippen LogP contribution in [-0.2, 0) is 6.42 Å². The summed E-state index contributed by atoms with van der Waals surface area (Å²) in [5.41, 5.74) is 6.63. The molecule has 0 aliphatic carbocycles. The second kappa shape index (κ2) is 5.65. The lowest BCUT2D eigenvalue weighted by Crippen LogP contribution is -2.02. The Kier molecular flexibility index (Phi) is 3.94. The van der Waals surface area contributed by atoms with Crippen LogP contribution in [0.5, 0.6) is 5.75 Å². The zero-order valence-corrected chi connectivity index (χ0v) is 11.0. The van der Waals surface area contributed by atoms with Crippen molar-refractivity contribution in [3.8, 4) is 17.0 Å². The van der Waals surface area contributed by atoms with Crippen LogP contribution in [0.25, 0.3) is 11.3 Å². The molecule has 0 saturated carbocycles. The lowest BCUT2D eigenvalue weighted by molar-refractivity contribution is 0.411. The third-order valence-corrected chi connectivity index (χ3v) is 2.72. The molecule has 0 aliphatic heterocycles. The number of nitrogens with zero attached hydrogens (tertiary/aromatic N) is 2. The van der Waals surface area contributed by atoms with Crippen LogP contribution < -0.4 is 10.5 Å². The van der Waals surface area contributed by atoms with Gasteiger partial charge in [-0.15, -0.1) is 0 Å². The van der Waals surface area contributed by atoms with Crippen molar-refractivity contribution in [3.05, 3.63) is 35.9 Å². The number of aromatic nitrogens is 2. The molecule has 1 aromatic carbocycles. The van der Waals surface area contributed by atoms with E-state index in [1.165, 1.54) is 13.2 Å². The van der Waals surface area contributed by atoms with Crippen molar-refractivity contribution >= 4 is 5.82 Å². The number of aryl methyl sites for hydroxylation is 1. The lowest BCUT2D eigenvalue weighted by Gasteiger charge is -2.07. The van der Waals surface area contributed by atoms with Gasteiger partial charge in [0.1, 0.15) is 23.2 Å². The average molecular weight is 261 g/mol. The molecule has 0 amide bonds. The van der Waals surface area contributed by atoms with E-state index in [0.29, 0.717) is 28.6 Å². The highest BCUT2D eigenvalue weighted by atomic mass is 19.1. The van der Waals surface area contributed by atoms with E-state index < -0.39 is 0 Å². The van der Waals surface area contributed by atoms with E-state index in [2.05, 4.69) is 9.97 Å². The van der Waals surface area contributed by atoms with Gasteiger partial charge in [-0.1, -0.05) is 6.92 Å². The average Bonchev–Trinajstić information content (AvgIpc) is 2.38. The van der Waals surface area contributed by atoms with E-state index in [1.54, 1.807) is 18.2 Å². The molecule has 2 aromatic rings. The van der Waals surface area contributed by atoms with Crippen LogP contribution in [0.3, 0.4) is 0 Å². The SMILES string of the molecule is CCCc1nc(N)cc(-c2ccc(OC)cc2F)n1. The number of ether oxygens (including phenoxy) is 1. The third kappa shape index (κ3) is 2.99. The summed E-state index contributed by atoms with van der Waals surface area (Å²) in [4.78, 5) is 8.47. The Morgan fingerprint density at radius 1 is 1.26 bits per heavy atom. The Morgan fingerprint density at radius 3 is 2.68 bits per heavy atom. The van der Waals surface area contributed by atoms with E-state index in [4.69, 9.17) is 10.5 Å². The molecular weight excluding hydrogens is 245 g/mol. The van der Waals surface area contributed by atoms with E-state index in [0.717, 1.165) is 12.8 Å². The summed E-state index contributed by atoms with van der Waals surface area (Å²) in [6.07, 6.45) is 1.63. The van der Waals surface area contributed by atoms with Crippen LogP contribution >= 0.6 is 0 Å². The zero-order valence-electron chi connectivity index (χ0n) is 11.0. The van der Waals surface area contributed by atoms with Crippen molar-refractivity contribution in [3.63, 3.8) is 0 Å². The Morgan fingerprint density at radius 2 is 2.05 bits per heavy atom. The minimum Gasteiger partial charge on any atom is -0.497 e. The van der Waals surface area contributed by atoms with Gasteiger partial charge >= 0.3 is 0 Å². The van der Waals surface area contributed by atoms with Crippen LogP contribution in [0.2, 0.25) is 0 Å². The molecule has 0 atom stereocenters. The topological polar surface area (TPSA) is 61.0 Å². The second-order valence-corrected chi connectivity index (χ2v) is 4.19. The van der Waals surface area contributed by atoms with Crippen molar-refractivity contribution in [1.29, 1.82) is 0 Å². The number of methoxy groups -OCH3 is 1. The molecular formula is C14H16FN3O. The van der Waals surface area contributed by atoms with Crippen LogP contribution in [0.15, 0.2) is 24.3 Å². The van der Waals surface area contributed by atoms with E-state index >= 15 is 0 Å². The maximum Gasteiger partial charge on any atom is 0.136 e. The number of benzene rings is 1. The number of rotatable bonds is 4. The summed E-state index contributed by atoms with van der Waals surface area (Å²) in [6, 6.07) is 6.22. The molecule has 0 unspecified atom stereocenters. The van der Waals surface area contributed by atoms with Gasteiger partial charge in [0, 0.05) is 24.1 Å². The molecule has 2 rings (SSSR count). The first-order valence-corrected chi connectivity index (χ1v) is 6.11. The monoisotopic (exact) mass is 261 g/mol. The summed E-state index contributed by atoms with van der Waals surface area (Å²) >= 11 is 0. The van der Waals surface area contributed by atoms with Gasteiger partial charge in [0.2, 0.25) is 0 Å². The number of nitrogen functional groups attached to an aromatic ring is 1. The Bertz CT molecular complexity index is 587. The smallest absolute Gasteiger partial charge is 0.136 e. The lowest BCUT2D eigenvalue weighted by atomic mass is 10.1. The fraction of sp³-hybridized carbons (Fsp3) is 0.286.